The van der Waals surface area contributed by atoms with E-state index < -0.39 is 33.1 Å². The average molecular weight is 242 g/mol. The van der Waals surface area contributed by atoms with Crippen molar-refractivity contribution in [3.05, 3.63) is 0 Å². The van der Waals surface area contributed by atoms with Crippen LogP contribution in [-0.4, -0.2) is 46.5 Å². The van der Waals surface area contributed by atoms with Gasteiger partial charge in [-0.05, 0) is 0 Å². The first kappa shape index (κ1) is 14.2. The molecule has 0 saturated heterocycles. The Morgan fingerprint density at radius 3 is 2.47 bits per heavy atom. The predicted octanol–water partition coefficient (Wildman–Crippen LogP) is -1.41. The lowest BCUT2D eigenvalue weighted by molar-refractivity contribution is -0.154. The summed E-state index contributed by atoms with van der Waals surface area (Å²) < 4.78 is 18.6. The van der Waals surface area contributed by atoms with Crippen LogP contribution in [0.15, 0.2) is 0 Å². The van der Waals surface area contributed by atoms with Crippen molar-refractivity contribution in [2.75, 3.05) is 13.2 Å². The van der Waals surface area contributed by atoms with Crippen LogP contribution in [0.3, 0.4) is 0 Å². The molecule has 0 bridgehead atoms. The van der Waals surface area contributed by atoms with Gasteiger partial charge in [0, 0.05) is 0 Å². The second-order valence-corrected chi connectivity index (χ2v) is 3.66. The molecule has 0 spiro atoms. The van der Waals surface area contributed by atoms with Crippen molar-refractivity contribution in [3.8, 4) is 0 Å². The van der Waals surface area contributed by atoms with Crippen molar-refractivity contribution in [1.29, 1.82) is 0 Å². The zero-order valence-corrected chi connectivity index (χ0v) is 8.50. The second kappa shape index (κ2) is 6.65. The summed E-state index contributed by atoms with van der Waals surface area (Å²) in [4.78, 5) is 37.6. The number of phosphoric acid groups is 1. The van der Waals surface area contributed by atoms with E-state index in [4.69, 9.17) is 14.9 Å². The van der Waals surface area contributed by atoms with Gasteiger partial charge in [-0.3, -0.25) is 14.1 Å². The number of carbonyl (C=O) groups is 2. The zero-order chi connectivity index (χ0) is 11.9. The van der Waals surface area contributed by atoms with Crippen LogP contribution in [0.5, 0.6) is 0 Å². The van der Waals surface area contributed by atoms with Crippen LogP contribution < -0.4 is 0 Å². The number of aldehydes is 1. The van der Waals surface area contributed by atoms with E-state index in [9.17, 15) is 14.2 Å². The predicted molar refractivity (Wildman–Crippen MR) is 45.6 cm³/mol. The Labute approximate surface area is 85.0 Å². The van der Waals surface area contributed by atoms with Gasteiger partial charge >= 0.3 is 13.8 Å². The summed E-state index contributed by atoms with van der Waals surface area (Å²) in [6.07, 6.45) is -1.53. The Bertz CT molecular complexity index is 258. The molecule has 0 heterocycles. The molecule has 0 aromatic rings. The first-order chi connectivity index (χ1) is 6.89. The first-order valence-corrected chi connectivity index (χ1v) is 5.38. The molecule has 0 amide bonds. The molecule has 0 aliphatic heterocycles. The highest BCUT2D eigenvalue weighted by Gasteiger charge is 2.20. The van der Waals surface area contributed by atoms with Crippen molar-refractivity contribution in [1.82, 2.24) is 0 Å². The van der Waals surface area contributed by atoms with Gasteiger partial charge in [0.25, 0.3) is 0 Å². The maximum atomic E-state index is 10.7. The van der Waals surface area contributed by atoms with Gasteiger partial charge in [-0.25, -0.2) is 4.57 Å². The van der Waals surface area contributed by atoms with Crippen LogP contribution in [0.4, 0.5) is 0 Å². The number of phosphoric ester groups is 1. The number of rotatable bonds is 7. The molecule has 8 nitrogen and oxygen atoms in total. The molecule has 0 radical (unpaired) electrons. The smallest absolute Gasteiger partial charge is 0.452 e. The van der Waals surface area contributed by atoms with Gasteiger partial charge in [0.05, 0.1) is 13.0 Å². The lowest BCUT2D eigenvalue weighted by atomic mass is 10.4. The monoisotopic (exact) mass is 242 g/mol. The third-order valence-electron chi connectivity index (χ3n) is 1.16. The Balaban J connectivity index is 3.98. The van der Waals surface area contributed by atoms with E-state index in [1.807, 2.05) is 0 Å². The summed E-state index contributed by atoms with van der Waals surface area (Å²) in [5.41, 5.74) is 0. The highest BCUT2D eigenvalue weighted by Crippen LogP contribution is 2.35. The van der Waals surface area contributed by atoms with E-state index in [0.29, 0.717) is 0 Å². The SMILES string of the molecule is O=CC(COP(=O)(O)O)OC(=O)CCO. The molecule has 3 N–H and O–H groups in total. The summed E-state index contributed by atoms with van der Waals surface area (Å²) in [7, 11) is -4.69. The fraction of sp³-hybridized carbons (Fsp3) is 0.667. The van der Waals surface area contributed by atoms with Crippen molar-refractivity contribution in [2.24, 2.45) is 0 Å². The van der Waals surface area contributed by atoms with E-state index >= 15 is 0 Å². The zero-order valence-electron chi connectivity index (χ0n) is 7.61. The quantitative estimate of drug-likeness (QED) is 0.282. The number of hydrogen-bond acceptors (Lipinski definition) is 6. The summed E-state index contributed by atoms with van der Waals surface area (Å²) in [5.74, 6) is -0.857. The van der Waals surface area contributed by atoms with E-state index in [-0.39, 0.29) is 12.7 Å². The number of esters is 1. The molecule has 1 unspecified atom stereocenters. The molecule has 9 heteroatoms. The normalized spacial score (nSPS) is 13.3. The van der Waals surface area contributed by atoms with Gasteiger partial charge in [0.2, 0.25) is 0 Å². The van der Waals surface area contributed by atoms with Crippen LogP contribution in [-0.2, 0) is 23.4 Å². The van der Waals surface area contributed by atoms with E-state index in [1.165, 1.54) is 0 Å². The third kappa shape index (κ3) is 8.22. The van der Waals surface area contributed by atoms with Gasteiger partial charge in [-0.2, -0.15) is 0 Å². The number of aliphatic hydroxyl groups is 1. The molecule has 0 rings (SSSR count). The molecule has 0 aromatic heterocycles. The largest absolute Gasteiger partial charge is 0.469 e. The van der Waals surface area contributed by atoms with Gasteiger partial charge in [-0.1, -0.05) is 0 Å². The fourth-order valence-corrected chi connectivity index (χ4v) is 0.932. The molecule has 0 aliphatic carbocycles. The average Bonchev–Trinajstić information content (AvgIpc) is 2.11. The first-order valence-electron chi connectivity index (χ1n) is 3.84. The van der Waals surface area contributed by atoms with E-state index in [0.717, 1.165) is 0 Å². The summed E-state index contributed by atoms with van der Waals surface area (Å²) in [6, 6.07) is 0. The Morgan fingerprint density at radius 2 is 2.07 bits per heavy atom. The number of aliphatic hydroxyl groups excluding tert-OH is 1. The van der Waals surface area contributed by atoms with E-state index in [2.05, 4.69) is 9.26 Å². The molecule has 15 heavy (non-hydrogen) atoms. The maximum Gasteiger partial charge on any atom is 0.469 e. The summed E-state index contributed by atoms with van der Waals surface area (Å²) in [5, 5.41) is 8.34. The van der Waals surface area contributed by atoms with Crippen LogP contribution in [0, 0.1) is 0 Å². The highest BCUT2D eigenvalue weighted by atomic mass is 31.2. The molecule has 0 aromatic carbocycles. The molecule has 1 atom stereocenters. The van der Waals surface area contributed by atoms with E-state index in [1.54, 1.807) is 0 Å². The Hall–Kier alpha value is -0.790. The molecule has 88 valence electrons. The molecule has 0 aliphatic rings. The lowest BCUT2D eigenvalue weighted by Gasteiger charge is -2.12. The summed E-state index contributed by atoms with van der Waals surface area (Å²) in [6.45, 7) is -1.17. The van der Waals surface area contributed by atoms with Crippen LogP contribution in [0.1, 0.15) is 6.42 Å². The maximum absolute atomic E-state index is 10.7. The molecule has 0 fully saturated rings. The number of ether oxygens (including phenoxy) is 1. The minimum Gasteiger partial charge on any atom is -0.452 e. The number of hydrogen-bond donors (Lipinski definition) is 3. The highest BCUT2D eigenvalue weighted by molar-refractivity contribution is 7.46. The van der Waals surface area contributed by atoms with Crippen LogP contribution in [0.2, 0.25) is 0 Å². The Morgan fingerprint density at radius 1 is 1.47 bits per heavy atom. The lowest BCUT2D eigenvalue weighted by Crippen LogP contribution is -2.24. The fourth-order valence-electron chi connectivity index (χ4n) is 0.591. The van der Waals surface area contributed by atoms with Crippen LogP contribution in [0.25, 0.3) is 0 Å². The van der Waals surface area contributed by atoms with Gasteiger partial charge in [-0.15, -0.1) is 0 Å². The van der Waals surface area contributed by atoms with Gasteiger partial charge < -0.3 is 19.6 Å². The summed E-state index contributed by atoms with van der Waals surface area (Å²) >= 11 is 0. The second-order valence-electron chi connectivity index (χ2n) is 2.42. The standard InChI is InChI=1S/C6H11O8P/c7-2-1-6(9)14-5(3-8)4-13-15(10,11)12/h3,5,7H,1-2,4H2,(H2,10,11,12). The topological polar surface area (TPSA) is 130 Å². The minimum atomic E-state index is -4.69. The van der Waals surface area contributed by atoms with Crippen molar-refractivity contribution >= 4 is 20.1 Å². The molecular formula is C6H11O8P. The van der Waals surface area contributed by atoms with Gasteiger partial charge in [0.1, 0.15) is 6.61 Å². The Kier molecular flexibility index (Phi) is 6.30. The molecule has 0 saturated carbocycles. The van der Waals surface area contributed by atoms with Crippen molar-refractivity contribution in [2.45, 2.75) is 12.5 Å². The minimum absolute atomic E-state index is 0.172. The van der Waals surface area contributed by atoms with Crippen molar-refractivity contribution in [3.63, 3.8) is 0 Å². The third-order valence-corrected chi connectivity index (χ3v) is 1.64. The molecular weight excluding hydrogens is 231 g/mol. The van der Waals surface area contributed by atoms with Crippen molar-refractivity contribution < 1.29 is 38.3 Å². The number of carbonyl (C=O) groups excluding carboxylic acids is 2. The van der Waals surface area contributed by atoms with Gasteiger partial charge in [0.15, 0.2) is 12.4 Å². The van der Waals surface area contributed by atoms with Crippen LogP contribution >= 0.6 is 7.82 Å².